The Hall–Kier alpha value is -0.850. The molecule has 156 valence electrons. The number of carbonyl (C=O) groups excluding carboxylic acids is 1. The number of nitrogens with two attached hydrogens (primary N) is 1. The summed E-state index contributed by atoms with van der Waals surface area (Å²) in [6.07, 6.45) is 3.17. The van der Waals surface area contributed by atoms with Crippen molar-refractivity contribution in [1.29, 1.82) is 0 Å². The zero-order valence-electron chi connectivity index (χ0n) is 16.6. The topological polar surface area (TPSA) is 76.4 Å². The molecule has 3 atom stereocenters. The molecule has 1 unspecified atom stereocenters. The SMILES string of the molecule is CCC(CC)(CNC(=O)[C@@H]1CC[C@H](CN)O1)NC(C)c1ccccc1.Cl.Cl. The second-order valence-electron chi connectivity index (χ2n) is 7.04. The van der Waals surface area contributed by atoms with E-state index in [0.29, 0.717) is 13.1 Å². The first-order chi connectivity index (χ1) is 12.0. The molecular weight excluding hydrogens is 385 g/mol. The number of halogens is 2. The van der Waals surface area contributed by atoms with Gasteiger partial charge in [0.2, 0.25) is 5.91 Å². The maximum atomic E-state index is 12.4. The fourth-order valence-electron chi connectivity index (χ4n) is 3.48. The van der Waals surface area contributed by atoms with Gasteiger partial charge < -0.3 is 21.1 Å². The molecule has 1 amide bonds. The largest absolute Gasteiger partial charge is 0.364 e. The van der Waals surface area contributed by atoms with Gasteiger partial charge in [0.15, 0.2) is 0 Å². The highest BCUT2D eigenvalue weighted by molar-refractivity contribution is 5.85. The van der Waals surface area contributed by atoms with Crippen molar-refractivity contribution in [2.45, 2.75) is 70.2 Å². The molecule has 2 rings (SSSR count). The Morgan fingerprint density at radius 1 is 1.22 bits per heavy atom. The second-order valence-corrected chi connectivity index (χ2v) is 7.04. The van der Waals surface area contributed by atoms with E-state index in [1.54, 1.807) is 0 Å². The molecule has 1 aromatic rings. The van der Waals surface area contributed by atoms with Gasteiger partial charge in [-0.25, -0.2) is 0 Å². The van der Waals surface area contributed by atoms with Crippen molar-refractivity contribution in [1.82, 2.24) is 10.6 Å². The van der Waals surface area contributed by atoms with Crippen molar-refractivity contribution in [3.05, 3.63) is 35.9 Å². The van der Waals surface area contributed by atoms with Crippen molar-refractivity contribution in [2.24, 2.45) is 5.73 Å². The van der Waals surface area contributed by atoms with Crippen molar-refractivity contribution in [3.8, 4) is 0 Å². The van der Waals surface area contributed by atoms with E-state index in [2.05, 4.69) is 55.7 Å². The molecule has 27 heavy (non-hydrogen) atoms. The number of rotatable bonds is 9. The summed E-state index contributed by atoms with van der Waals surface area (Å²) < 4.78 is 5.70. The number of hydrogen-bond acceptors (Lipinski definition) is 4. The van der Waals surface area contributed by atoms with Crippen molar-refractivity contribution >= 4 is 30.7 Å². The van der Waals surface area contributed by atoms with E-state index in [1.165, 1.54) is 5.56 Å². The minimum Gasteiger partial charge on any atom is -0.364 e. The Balaban J connectivity index is 0.00000338. The quantitative estimate of drug-likeness (QED) is 0.573. The Morgan fingerprint density at radius 3 is 2.37 bits per heavy atom. The highest BCUT2D eigenvalue weighted by atomic mass is 35.5. The highest BCUT2D eigenvalue weighted by Gasteiger charge is 2.33. The van der Waals surface area contributed by atoms with Crippen LogP contribution in [0.1, 0.15) is 58.1 Å². The lowest BCUT2D eigenvalue weighted by atomic mass is 9.90. The molecule has 5 nitrogen and oxygen atoms in total. The van der Waals surface area contributed by atoms with Crippen LogP contribution in [0.5, 0.6) is 0 Å². The Labute approximate surface area is 176 Å². The smallest absolute Gasteiger partial charge is 0.249 e. The molecule has 0 radical (unpaired) electrons. The van der Waals surface area contributed by atoms with Crippen LogP contribution in [-0.4, -0.2) is 36.7 Å². The first kappa shape index (κ1) is 26.1. The van der Waals surface area contributed by atoms with Crippen LogP contribution >= 0.6 is 24.8 Å². The summed E-state index contributed by atoms with van der Waals surface area (Å²) in [4.78, 5) is 12.4. The van der Waals surface area contributed by atoms with E-state index >= 15 is 0 Å². The van der Waals surface area contributed by atoms with Crippen LogP contribution in [0, 0.1) is 0 Å². The van der Waals surface area contributed by atoms with Gasteiger partial charge in [0.1, 0.15) is 6.10 Å². The lowest BCUT2D eigenvalue weighted by Crippen LogP contribution is -2.54. The van der Waals surface area contributed by atoms with Gasteiger partial charge in [-0.1, -0.05) is 44.2 Å². The minimum atomic E-state index is -0.355. The summed E-state index contributed by atoms with van der Waals surface area (Å²) in [7, 11) is 0. The van der Waals surface area contributed by atoms with Gasteiger partial charge in [0.25, 0.3) is 0 Å². The van der Waals surface area contributed by atoms with Crippen LogP contribution in [0.3, 0.4) is 0 Å². The van der Waals surface area contributed by atoms with Crippen LogP contribution in [0.15, 0.2) is 30.3 Å². The average molecular weight is 420 g/mol. The zero-order valence-corrected chi connectivity index (χ0v) is 18.2. The third-order valence-electron chi connectivity index (χ3n) is 5.44. The van der Waals surface area contributed by atoms with Crippen LogP contribution in [0.25, 0.3) is 0 Å². The maximum Gasteiger partial charge on any atom is 0.249 e. The number of amides is 1. The Morgan fingerprint density at radius 2 is 1.85 bits per heavy atom. The normalized spacial score (nSPS) is 20.3. The van der Waals surface area contributed by atoms with Crippen molar-refractivity contribution in [3.63, 3.8) is 0 Å². The lowest BCUT2D eigenvalue weighted by Gasteiger charge is -2.36. The molecule has 0 spiro atoms. The van der Waals surface area contributed by atoms with Gasteiger partial charge in [-0.3, -0.25) is 4.79 Å². The Bertz CT molecular complexity index is 541. The van der Waals surface area contributed by atoms with Crippen LogP contribution < -0.4 is 16.4 Å². The van der Waals surface area contributed by atoms with E-state index in [1.807, 2.05) is 6.07 Å². The van der Waals surface area contributed by atoms with Crippen LogP contribution in [0.4, 0.5) is 0 Å². The van der Waals surface area contributed by atoms with E-state index in [0.717, 1.165) is 25.7 Å². The summed E-state index contributed by atoms with van der Waals surface area (Å²) in [6.45, 7) is 7.58. The molecule has 1 aliphatic heterocycles. The second kappa shape index (κ2) is 12.6. The summed E-state index contributed by atoms with van der Waals surface area (Å²) in [5, 5.41) is 6.84. The fraction of sp³-hybridized carbons (Fsp3) is 0.650. The fourth-order valence-corrected chi connectivity index (χ4v) is 3.48. The van der Waals surface area contributed by atoms with Crippen LogP contribution in [0.2, 0.25) is 0 Å². The molecule has 1 heterocycles. The molecule has 0 saturated carbocycles. The molecule has 0 aliphatic carbocycles. The molecule has 1 aliphatic rings. The summed E-state index contributed by atoms with van der Waals surface area (Å²) in [5.74, 6) is -0.0172. The number of carbonyl (C=O) groups is 1. The first-order valence-electron chi connectivity index (χ1n) is 9.49. The molecule has 4 N–H and O–H groups in total. The molecule has 0 bridgehead atoms. The number of hydrogen-bond donors (Lipinski definition) is 3. The van der Waals surface area contributed by atoms with E-state index in [4.69, 9.17) is 10.5 Å². The predicted octanol–water partition coefficient (Wildman–Crippen LogP) is 3.36. The van der Waals surface area contributed by atoms with Gasteiger partial charge in [0.05, 0.1) is 6.10 Å². The van der Waals surface area contributed by atoms with Gasteiger partial charge in [0, 0.05) is 24.7 Å². The molecule has 1 saturated heterocycles. The number of ether oxygens (including phenoxy) is 1. The minimum absolute atomic E-state index is 0. The standard InChI is InChI=1S/C20H33N3O2.2ClH/c1-4-20(5-2,23-15(3)16-9-7-6-8-10-16)14-22-19(24)18-12-11-17(13-21)25-18;;/h6-10,15,17-18,23H,4-5,11-14,21H2,1-3H3,(H,22,24);2*1H/t15?,17-,18+;;/m1../s1. The predicted molar refractivity (Wildman–Crippen MR) is 116 cm³/mol. The van der Waals surface area contributed by atoms with Crippen LogP contribution in [-0.2, 0) is 9.53 Å². The zero-order chi connectivity index (χ0) is 18.3. The van der Waals surface area contributed by atoms with Gasteiger partial charge in [-0.15, -0.1) is 24.8 Å². The third kappa shape index (κ3) is 7.24. The number of nitrogens with one attached hydrogen (secondary N) is 2. The van der Waals surface area contributed by atoms with Crippen molar-refractivity contribution < 1.29 is 9.53 Å². The molecular formula is C20H35Cl2N3O2. The molecule has 0 aromatic heterocycles. The Kier molecular flexibility index (Phi) is 12.2. The first-order valence-corrected chi connectivity index (χ1v) is 9.49. The van der Waals surface area contributed by atoms with Crippen molar-refractivity contribution in [2.75, 3.05) is 13.1 Å². The van der Waals surface area contributed by atoms with E-state index < -0.39 is 0 Å². The number of benzene rings is 1. The lowest BCUT2D eigenvalue weighted by molar-refractivity contribution is -0.132. The summed E-state index contributed by atoms with van der Waals surface area (Å²) >= 11 is 0. The maximum absolute atomic E-state index is 12.4. The van der Waals surface area contributed by atoms with Gasteiger partial charge >= 0.3 is 0 Å². The highest BCUT2D eigenvalue weighted by Crippen LogP contribution is 2.23. The third-order valence-corrected chi connectivity index (χ3v) is 5.44. The summed E-state index contributed by atoms with van der Waals surface area (Å²) in [6, 6.07) is 10.6. The monoisotopic (exact) mass is 419 g/mol. The molecule has 1 fully saturated rings. The molecule has 1 aromatic carbocycles. The summed E-state index contributed by atoms with van der Waals surface area (Å²) in [5.41, 5.74) is 6.75. The average Bonchev–Trinajstić information content (AvgIpc) is 3.15. The van der Waals surface area contributed by atoms with E-state index in [-0.39, 0.29) is 54.5 Å². The molecule has 7 heteroatoms. The van der Waals surface area contributed by atoms with E-state index in [9.17, 15) is 4.79 Å². The van der Waals surface area contributed by atoms with Gasteiger partial charge in [-0.05, 0) is 38.2 Å². The van der Waals surface area contributed by atoms with Gasteiger partial charge in [-0.2, -0.15) is 0 Å².